The fourth-order valence-corrected chi connectivity index (χ4v) is 2.43. The molecule has 1 N–H and O–H groups in total. The molecule has 2 aromatic carbocycles. The lowest BCUT2D eigenvalue weighted by Crippen LogP contribution is -2.04. The zero-order valence-corrected chi connectivity index (χ0v) is 11.7. The normalized spacial score (nSPS) is 12.6. The van der Waals surface area contributed by atoms with Crippen molar-refractivity contribution in [2.75, 3.05) is 0 Å². The first-order valence-electron chi connectivity index (χ1n) is 7.01. The summed E-state index contributed by atoms with van der Waals surface area (Å²) in [4.78, 5) is 14.4. The minimum atomic E-state index is -0.135. The first-order chi connectivity index (χ1) is 10.8. The van der Waals surface area contributed by atoms with Crippen molar-refractivity contribution in [3.8, 4) is 5.75 Å². The largest absolute Gasteiger partial charge is 0.489 e. The lowest BCUT2D eigenvalue weighted by Gasteiger charge is -2.09. The molecule has 0 radical (unpaired) electrons. The Balaban J connectivity index is 1.71. The Hall–Kier alpha value is -3.01. The Morgan fingerprint density at radius 3 is 2.64 bits per heavy atom. The molecule has 0 saturated carbocycles. The summed E-state index contributed by atoms with van der Waals surface area (Å²) in [5.74, 6) is 1.51. The maximum absolute atomic E-state index is 11.5. The molecule has 108 valence electrons. The van der Waals surface area contributed by atoms with E-state index in [1.54, 1.807) is 12.3 Å². The average molecular weight is 291 g/mol. The summed E-state index contributed by atoms with van der Waals surface area (Å²) in [6, 6.07) is 17.0. The number of hydrogen-bond donors (Lipinski definition) is 1. The molecule has 0 fully saturated rings. The quantitative estimate of drug-likeness (QED) is 0.801. The van der Waals surface area contributed by atoms with Gasteiger partial charge in [0.1, 0.15) is 18.6 Å². The standard InChI is InChI=1S/C18H13NO3/c20-18-7-6-14-15(17-11-22-17)8-13(9-16(14)19-18)21-10-12-4-2-1-3-5-12/h1-9,11H,10H2,(H,19,20). The zero-order valence-electron chi connectivity index (χ0n) is 11.7. The molecule has 1 aliphatic rings. The van der Waals surface area contributed by atoms with Gasteiger partial charge < -0.3 is 14.5 Å². The molecular weight excluding hydrogens is 278 g/mol. The first-order valence-corrected chi connectivity index (χ1v) is 7.01. The molecule has 0 spiro atoms. The van der Waals surface area contributed by atoms with Gasteiger partial charge in [0.2, 0.25) is 5.56 Å². The summed E-state index contributed by atoms with van der Waals surface area (Å²) in [5, 5.41) is 0.940. The van der Waals surface area contributed by atoms with Crippen LogP contribution in [0.2, 0.25) is 0 Å². The highest BCUT2D eigenvalue weighted by atomic mass is 16.5. The number of rotatable bonds is 4. The summed E-state index contributed by atoms with van der Waals surface area (Å²) in [6.07, 6.45) is 1.68. The van der Waals surface area contributed by atoms with Gasteiger partial charge >= 0.3 is 0 Å². The smallest absolute Gasteiger partial charge is 0.248 e. The van der Waals surface area contributed by atoms with Crippen molar-refractivity contribution < 1.29 is 9.47 Å². The van der Waals surface area contributed by atoms with Crippen LogP contribution < -0.4 is 10.3 Å². The van der Waals surface area contributed by atoms with E-state index in [0.29, 0.717) is 12.4 Å². The summed E-state index contributed by atoms with van der Waals surface area (Å²) >= 11 is 0. The molecule has 0 bridgehead atoms. The van der Waals surface area contributed by atoms with Gasteiger partial charge in [0.05, 0.1) is 5.52 Å². The first kappa shape index (κ1) is 12.7. The summed E-state index contributed by atoms with van der Waals surface area (Å²) in [6.45, 7) is 0.475. The van der Waals surface area contributed by atoms with Gasteiger partial charge in [0, 0.05) is 23.1 Å². The van der Waals surface area contributed by atoms with Crippen LogP contribution in [0.1, 0.15) is 11.1 Å². The van der Waals surface area contributed by atoms with Gasteiger partial charge in [-0.05, 0) is 17.7 Å². The average Bonchev–Trinajstić information content (AvgIpc) is 3.37. The Kier molecular flexibility index (Phi) is 2.93. The van der Waals surface area contributed by atoms with E-state index >= 15 is 0 Å². The van der Waals surface area contributed by atoms with Crippen LogP contribution in [0.3, 0.4) is 0 Å². The predicted octanol–water partition coefficient (Wildman–Crippen LogP) is 3.44. The van der Waals surface area contributed by atoms with Gasteiger partial charge in [-0.25, -0.2) is 0 Å². The minimum absolute atomic E-state index is 0.135. The third-order valence-corrected chi connectivity index (χ3v) is 3.56. The molecular formula is C18H13NO3. The molecule has 0 atom stereocenters. The van der Waals surface area contributed by atoms with E-state index < -0.39 is 0 Å². The molecule has 0 unspecified atom stereocenters. The zero-order chi connectivity index (χ0) is 14.9. The van der Waals surface area contributed by atoms with Crippen LogP contribution in [0.4, 0.5) is 0 Å². The summed E-state index contributed by atoms with van der Waals surface area (Å²) < 4.78 is 11.0. The van der Waals surface area contributed by atoms with Crippen LogP contribution in [-0.2, 0) is 11.3 Å². The van der Waals surface area contributed by atoms with E-state index in [1.165, 1.54) is 6.07 Å². The summed E-state index contributed by atoms with van der Waals surface area (Å²) in [7, 11) is 0. The molecule has 2 heterocycles. The van der Waals surface area contributed by atoms with Gasteiger partial charge in [-0.2, -0.15) is 0 Å². The van der Waals surface area contributed by atoms with Crippen molar-refractivity contribution in [2.24, 2.45) is 0 Å². The van der Waals surface area contributed by atoms with Crippen molar-refractivity contribution in [1.29, 1.82) is 0 Å². The van der Waals surface area contributed by atoms with Gasteiger partial charge in [0.25, 0.3) is 0 Å². The Morgan fingerprint density at radius 2 is 1.86 bits per heavy atom. The second kappa shape index (κ2) is 5.07. The lowest BCUT2D eigenvalue weighted by atomic mass is 10.1. The van der Waals surface area contributed by atoms with Crippen LogP contribution >= 0.6 is 0 Å². The van der Waals surface area contributed by atoms with Gasteiger partial charge in [-0.3, -0.25) is 4.79 Å². The third kappa shape index (κ3) is 2.46. The number of fused-ring (bicyclic) bond motifs is 1. The second-order valence-corrected chi connectivity index (χ2v) is 5.13. The second-order valence-electron chi connectivity index (χ2n) is 5.13. The van der Waals surface area contributed by atoms with Gasteiger partial charge in [-0.1, -0.05) is 30.3 Å². The molecule has 0 aliphatic carbocycles. The number of H-pyrrole nitrogens is 1. The van der Waals surface area contributed by atoms with Crippen molar-refractivity contribution >= 4 is 16.7 Å². The Bertz CT molecular complexity index is 926. The highest BCUT2D eigenvalue weighted by Crippen LogP contribution is 2.35. The van der Waals surface area contributed by atoms with Crippen molar-refractivity contribution in [2.45, 2.75) is 6.61 Å². The number of aromatic nitrogens is 1. The molecule has 4 heteroatoms. The minimum Gasteiger partial charge on any atom is -0.489 e. The van der Waals surface area contributed by atoms with Crippen LogP contribution in [0.15, 0.2) is 65.7 Å². The monoisotopic (exact) mass is 291 g/mol. The number of benzene rings is 2. The third-order valence-electron chi connectivity index (χ3n) is 3.56. The molecule has 0 saturated heterocycles. The van der Waals surface area contributed by atoms with Crippen LogP contribution in [0, 0.1) is 0 Å². The predicted molar refractivity (Wildman–Crippen MR) is 84.4 cm³/mol. The van der Waals surface area contributed by atoms with E-state index in [4.69, 9.17) is 9.47 Å². The lowest BCUT2D eigenvalue weighted by molar-refractivity contribution is 0.306. The molecule has 3 aromatic rings. The molecule has 1 aromatic heterocycles. The molecule has 4 nitrogen and oxygen atoms in total. The number of nitrogens with one attached hydrogen (secondary N) is 1. The number of ether oxygens (including phenoxy) is 2. The van der Waals surface area contributed by atoms with Crippen LogP contribution in [-0.4, -0.2) is 4.98 Å². The Morgan fingerprint density at radius 1 is 1.05 bits per heavy atom. The fraction of sp³-hybridized carbons (Fsp3) is 0.0556. The van der Waals surface area contributed by atoms with Crippen molar-refractivity contribution in [3.05, 3.63) is 82.3 Å². The molecule has 1 aliphatic heterocycles. The summed E-state index contributed by atoms with van der Waals surface area (Å²) in [5.41, 5.74) is 2.62. The van der Waals surface area contributed by atoms with Gasteiger partial charge in [-0.15, -0.1) is 0 Å². The van der Waals surface area contributed by atoms with E-state index in [2.05, 4.69) is 4.98 Å². The van der Waals surface area contributed by atoms with E-state index in [-0.39, 0.29) is 5.56 Å². The number of pyridine rings is 1. The molecule has 4 rings (SSSR count). The topological polar surface area (TPSA) is 54.6 Å². The van der Waals surface area contributed by atoms with Crippen LogP contribution in [0.25, 0.3) is 16.7 Å². The maximum Gasteiger partial charge on any atom is 0.248 e. The highest BCUT2D eigenvalue weighted by Gasteiger charge is 2.18. The highest BCUT2D eigenvalue weighted by molar-refractivity contribution is 5.93. The van der Waals surface area contributed by atoms with Gasteiger partial charge in [0.15, 0.2) is 5.76 Å². The number of hydrogen-bond acceptors (Lipinski definition) is 3. The SMILES string of the molecule is O=c1ccc2c(C3=CO3)cc(OCc3ccccc3)cc2[nH]1. The van der Waals surface area contributed by atoms with Crippen molar-refractivity contribution in [1.82, 2.24) is 4.98 Å². The maximum atomic E-state index is 11.5. The molecule has 0 amide bonds. The Labute approximate surface area is 126 Å². The van der Waals surface area contributed by atoms with E-state index in [0.717, 1.165) is 27.8 Å². The van der Waals surface area contributed by atoms with Crippen LogP contribution in [0.5, 0.6) is 5.75 Å². The van der Waals surface area contributed by atoms with E-state index in [9.17, 15) is 4.79 Å². The molecule has 22 heavy (non-hydrogen) atoms. The van der Waals surface area contributed by atoms with E-state index in [1.807, 2.05) is 42.5 Å². The number of aromatic amines is 1. The van der Waals surface area contributed by atoms with Crippen molar-refractivity contribution in [3.63, 3.8) is 0 Å². The fourth-order valence-electron chi connectivity index (χ4n) is 2.43.